The quantitative estimate of drug-likeness (QED) is 0.865. The largest absolute Gasteiger partial charge is 0.344 e. The van der Waals surface area contributed by atoms with Crippen molar-refractivity contribution in [3.05, 3.63) is 58.0 Å². The van der Waals surface area contributed by atoms with E-state index in [0.29, 0.717) is 10.4 Å². The molecule has 0 bridgehead atoms. The van der Waals surface area contributed by atoms with E-state index in [-0.39, 0.29) is 48.5 Å². The van der Waals surface area contributed by atoms with E-state index in [0.717, 1.165) is 0 Å². The van der Waals surface area contributed by atoms with Crippen molar-refractivity contribution >= 4 is 28.8 Å². The summed E-state index contributed by atoms with van der Waals surface area (Å²) in [6.07, 6.45) is 0.433. The molecule has 1 aliphatic rings. The molecule has 2 aromatic rings. The van der Waals surface area contributed by atoms with Crippen LogP contribution in [0.1, 0.15) is 40.5 Å². The van der Waals surface area contributed by atoms with E-state index < -0.39 is 6.04 Å². The van der Waals surface area contributed by atoms with E-state index in [2.05, 4.69) is 5.32 Å². The van der Waals surface area contributed by atoms with E-state index in [9.17, 15) is 18.8 Å². The molecule has 1 aliphatic carbocycles. The lowest BCUT2D eigenvalue weighted by Crippen LogP contribution is -2.37. The van der Waals surface area contributed by atoms with Gasteiger partial charge in [-0.05, 0) is 35.1 Å². The number of amides is 1. The fourth-order valence-corrected chi connectivity index (χ4v) is 3.65. The van der Waals surface area contributed by atoms with E-state index >= 15 is 0 Å². The van der Waals surface area contributed by atoms with Gasteiger partial charge in [0.1, 0.15) is 17.4 Å². The number of halogens is 1. The SMILES string of the molecule is O=C1CC(=O)CC([C@@H](NC(=O)c2cccs2)c2ccc(F)cc2)C1. The Morgan fingerprint density at radius 1 is 1.12 bits per heavy atom. The molecule has 24 heavy (non-hydrogen) atoms. The molecule has 0 radical (unpaired) electrons. The standard InChI is InChI=1S/C18H16FNO3S/c19-13-5-3-11(4-6-13)17(12-8-14(21)10-15(22)9-12)20-18(23)16-2-1-7-24-16/h1-7,12,17H,8-10H2,(H,20,23)/t17-/m0/s1. The Bertz CT molecular complexity index is 739. The van der Waals surface area contributed by atoms with Crippen LogP contribution in [-0.2, 0) is 9.59 Å². The average molecular weight is 345 g/mol. The molecule has 3 rings (SSSR count). The molecular weight excluding hydrogens is 329 g/mol. The van der Waals surface area contributed by atoms with Crippen LogP contribution in [0, 0.1) is 11.7 Å². The van der Waals surface area contributed by atoms with Gasteiger partial charge in [0.2, 0.25) is 0 Å². The van der Waals surface area contributed by atoms with Crippen LogP contribution >= 0.6 is 11.3 Å². The third-order valence-corrected chi connectivity index (χ3v) is 4.97. The topological polar surface area (TPSA) is 63.2 Å². The van der Waals surface area contributed by atoms with Gasteiger partial charge < -0.3 is 5.32 Å². The summed E-state index contributed by atoms with van der Waals surface area (Å²) in [4.78, 5) is 36.6. The van der Waals surface area contributed by atoms with Gasteiger partial charge >= 0.3 is 0 Å². The molecule has 0 saturated heterocycles. The monoisotopic (exact) mass is 345 g/mol. The molecule has 0 unspecified atom stereocenters. The highest BCUT2D eigenvalue weighted by Crippen LogP contribution is 2.32. The first-order valence-electron chi connectivity index (χ1n) is 7.66. The van der Waals surface area contributed by atoms with Crippen LogP contribution < -0.4 is 5.32 Å². The summed E-state index contributed by atoms with van der Waals surface area (Å²) >= 11 is 1.31. The number of thiophene rings is 1. The third kappa shape index (κ3) is 3.76. The lowest BCUT2D eigenvalue weighted by molar-refractivity contribution is -0.131. The summed E-state index contributed by atoms with van der Waals surface area (Å²) < 4.78 is 13.2. The smallest absolute Gasteiger partial charge is 0.261 e. The number of rotatable bonds is 4. The van der Waals surface area contributed by atoms with Crippen molar-refractivity contribution in [3.8, 4) is 0 Å². The van der Waals surface area contributed by atoms with Crippen molar-refractivity contribution in [2.24, 2.45) is 5.92 Å². The zero-order valence-electron chi connectivity index (χ0n) is 12.8. The minimum absolute atomic E-state index is 0.0362. The molecule has 4 nitrogen and oxygen atoms in total. The third-order valence-electron chi connectivity index (χ3n) is 4.11. The summed E-state index contributed by atoms with van der Waals surface area (Å²) in [7, 11) is 0. The van der Waals surface area contributed by atoms with E-state index in [1.807, 2.05) is 0 Å². The van der Waals surface area contributed by atoms with Crippen molar-refractivity contribution in [3.63, 3.8) is 0 Å². The second-order valence-corrected chi connectivity index (χ2v) is 6.85. The Kier molecular flexibility index (Phi) is 4.85. The van der Waals surface area contributed by atoms with Gasteiger partial charge in [-0.2, -0.15) is 0 Å². The zero-order valence-corrected chi connectivity index (χ0v) is 13.6. The highest BCUT2D eigenvalue weighted by atomic mass is 32.1. The second kappa shape index (κ2) is 7.05. The molecule has 124 valence electrons. The molecule has 1 heterocycles. The maximum atomic E-state index is 13.2. The number of hydrogen-bond acceptors (Lipinski definition) is 4. The summed E-state index contributed by atoms with van der Waals surface area (Å²) in [5, 5.41) is 4.71. The van der Waals surface area contributed by atoms with Gasteiger partial charge in [0.15, 0.2) is 0 Å². The number of carbonyl (C=O) groups is 3. The van der Waals surface area contributed by atoms with Gasteiger partial charge in [0, 0.05) is 12.8 Å². The van der Waals surface area contributed by atoms with Gasteiger partial charge in [-0.15, -0.1) is 11.3 Å². The molecule has 0 aliphatic heterocycles. The predicted octanol–water partition coefficient (Wildman–Crippen LogP) is 3.30. The highest BCUT2D eigenvalue weighted by Gasteiger charge is 2.33. The Morgan fingerprint density at radius 3 is 2.38 bits per heavy atom. The van der Waals surface area contributed by atoms with Crippen molar-refractivity contribution in [2.75, 3.05) is 0 Å². The predicted molar refractivity (Wildman–Crippen MR) is 88.3 cm³/mol. The summed E-state index contributed by atoms with van der Waals surface area (Å²) in [5.74, 6) is -1.18. The minimum Gasteiger partial charge on any atom is -0.344 e. The number of carbonyl (C=O) groups excluding carboxylic acids is 3. The Balaban J connectivity index is 1.88. The van der Waals surface area contributed by atoms with Gasteiger partial charge in [0.05, 0.1) is 17.3 Å². The van der Waals surface area contributed by atoms with Crippen LogP contribution in [0.3, 0.4) is 0 Å². The van der Waals surface area contributed by atoms with Crippen molar-refractivity contribution in [1.29, 1.82) is 0 Å². The maximum Gasteiger partial charge on any atom is 0.261 e. The lowest BCUT2D eigenvalue weighted by Gasteiger charge is -2.30. The van der Waals surface area contributed by atoms with Crippen molar-refractivity contribution < 1.29 is 18.8 Å². The number of Topliss-reactive ketones (excluding diaryl/α,β-unsaturated/α-hetero) is 2. The summed E-state index contributed by atoms with van der Waals surface area (Å²) in [6, 6.07) is 8.77. The summed E-state index contributed by atoms with van der Waals surface area (Å²) in [6.45, 7) is 0. The summed E-state index contributed by atoms with van der Waals surface area (Å²) in [5.41, 5.74) is 0.689. The van der Waals surface area contributed by atoms with Crippen LogP contribution in [0.25, 0.3) is 0 Å². The number of benzene rings is 1. The van der Waals surface area contributed by atoms with Crippen molar-refractivity contribution in [2.45, 2.75) is 25.3 Å². The Labute approximate surface area is 142 Å². The molecule has 0 spiro atoms. The second-order valence-electron chi connectivity index (χ2n) is 5.90. The lowest BCUT2D eigenvalue weighted by atomic mass is 9.80. The molecule has 1 aromatic heterocycles. The van der Waals surface area contributed by atoms with Crippen LogP contribution in [0.4, 0.5) is 4.39 Å². The van der Waals surface area contributed by atoms with Gasteiger partial charge in [0.25, 0.3) is 5.91 Å². The molecule has 1 saturated carbocycles. The maximum absolute atomic E-state index is 13.2. The van der Waals surface area contributed by atoms with E-state index in [4.69, 9.17) is 0 Å². The van der Waals surface area contributed by atoms with E-state index in [1.165, 1.54) is 23.5 Å². The molecule has 1 fully saturated rings. The molecule has 6 heteroatoms. The van der Waals surface area contributed by atoms with Gasteiger partial charge in [-0.1, -0.05) is 18.2 Å². The van der Waals surface area contributed by atoms with Crippen LogP contribution in [0.15, 0.2) is 41.8 Å². The van der Waals surface area contributed by atoms with Gasteiger partial charge in [-0.25, -0.2) is 4.39 Å². The van der Waals surface area contributed by atoms with Crippen molar-refractivity contribution in [1.82, 2.24) is 5.32 Å². The normalized spacial score (nSPS) is 16.9. The first kappa shape index (κ1) is 16.5. The Hall–Kier alpha value is -2.34. The number of hydrogen-bond donors (Lipinski definition) is 1. The van der Waals surface area contributed by atoms with Crippen LogP contribution in [0.2, 0.25) is 0 Å². The fraction of sp³-hybridized carbons (Fsp3) is 0.278. The van der Waals surface area contributed by atoms with Crippen LogP contribution in [-0.4, -0.2) is 17.5 Å². The van der Waals surface area contributed by atoms with Gasteiger partial charge in [-0.3, -0.25) is 14.4 Å². The highest BCUT2D eigenvalue weighted by molar-refractivity contribution is 7.12. The Morgan fingerprint density at radius 2 is 1.79 bits per heavy atom. The minimum atomic E-state index is -0.506. The average Bonchev–Trinajstić information content (AvgIpc) is 3.07. The first-order valence-corrected chi connectivity index (χ1v) is 8.54. The molecular formula is C18H16FNO3S. The van der Waals surface area contributed by atoms with Crippen LogP contribution in [0.5, 0.6) is 0 Å². The molecule has 1 aromatic carbocycles. The number of ketones is 2. The fourth-order valence-electron chi connectivity index (χ4n) is 3.02. The molecule has 1 amide bonds. The van der Waals surface area contributed by atoms with E-state index in [1.54, 1.807) is 29.6 Å². The first-order chi connectivity index (χ1) is 11.5. The number of nitrogens with one attached hydrogen (secondary N) is 1. The molecule has 1 atom stereocenters. The molecule has 1 N–H and O–H groups in total. The zero-order chi connectivity index (χ0) is 17.1.